The van der Waals surface area contributed by atoms with Crippen LogP contribution in [-0.2, 0) is 6.54 Å². The van der Waals surface area contributed by atoms with E-state index in [1.165, 1.54) is 18.4 Å². The molecule has 0 aliphatic carbocycles. The predicted molar refractivity (Wildman–Crippen MR) is 105 cm³/mol. The van der Waals surface area contributed by atoms with E-state index in [4.69, 9.17) is 4.98 Å². The summed E-state index contributed by atoms with van der Waals surface area (Å²) in [5.41, 5.74) is 2.58. The quantitative estimate of drug-likeness (QED) is 0.783. The highest BCUT2D eigenvalue weighted by atomic mass is 16.2. The fourth-order valence-electron chi connectivity index (χ4n) is 3.74. The summed E-state index contributed by atoms with van der Waals surface area (Å²) in [6.07, 6.45) is 8.85. The van der Waals surface area contributed by atoms with E-state index in [0.717, 1.165) is 31.0 Å². The van der Waals surface area contributed by atoms with E-state index in [1.54, 1.807) is 17.3 Å². The van der Waals surface area contributed by atoms with Crippen LogP contribution in [0.5, 0.6) is 0 Å². The zero-order chi connectivity index (χ0) is 19.2. The summed E-state index contributed by atoms with van der Waals surface area (Å²) in [4.78, 5) is 30.5. The number of hydrogen-bond acceptors (Lipinski definition) is 5. The van der Waals surface area contributed by atoms with Gasteiger partial charge in [-0.25, -0.2) is 9.97 Å². The van der Waals surface area contributed by atoms with E-state index in [2.05, 4.69) is 20.9 Å². The lowest BCUT2D eigenvalue weighted by atomic mass is 10.0. The summed E-state index contributed by atoms with van der Waals surface area (Å²) in [5, 5.41) is 0. The minimum absolute atomic E-state index is 0.0138. The average Bonchev–Trinajstić information content (AvgIpc) is 2.70. The van der Waals surface area contributed by atoms with Crippen molar-refractivity contribution in [2.75, 3.05) is 19.6 Å². The van der Waals surface area contributed by atoms with Crippen molar-refractivity contribution in [2.45, 2.75) is 52.6 Å². The third kappa shape index (κ3) is 4.50. The molecule has 3 rings (SSSR count). The van der Waals surface area contributed by atoms with Crippen LogP contribution in [0.15, 0.2) is 30.7 Å². The van der Waals surface area contributed by atoms with E-state index >= 15 is 0 Å². The van der Waals surface area contributed by atoms with Crippen molar-refractivity contribution in [2.24, 2.45) is 0 Å². The number of aromatic nitrogens is 3. The SMILES string of the molecule is CCN(CC)C(=O)c1cnc([C@H]2CCCCN2Cc2cccnc2)nc1C. The van der Waals surface area contributed by atoms with Crippen LogP contribution in [0.2, 0.25) is 0 Å². The number of rotatable bonds is 6. The molecule has 2 aromatic heterocycles. The van der Waals surface area contributed by atoms with Crippen molar-refractivity contribution in [3.8, 4) is 0 Å². The second-order valence-corrected chi connectivity index (χ2v) is 7.05. The number of likely N-dealkylation sites (tertiary alicyclic amines) is 1. The molecule has 0 unspecified atom stereocenters. The summed E-state index contributed by atoms with van der Waals surface area (Å²) >= 11 is 0. The van der Waals surface area contributed by atoms with Crippen LogP contribution in [-0.4, -0.2) is 50.3 Å². The Labute approximate surface area is 161 Å². The molecule has 6 heteroatoms. The minimum Gasteiger partial charge on any atom is -0.339 e. The maximum Gasteiger partial charge on any atom is 0.257 e. The standard InChI is InChI=1S/C21H29N5O/c1-4-25(5-2)21(27)18-14-23-20(24-16(18)3)19-10-6-7-12-26(19)15-17-9-8-11-22-13-17/h8-9,11,13-14,19H,4-7,10,12,15H2,1-3H3/t19-/m1/s1. The Morgan fingerprint density at radius 3 is 2.74 bits per heavy atom. The lowest BCUT2D eigenvalue weighted by Crippen LogP contribution is -2.35. The van der Waals surface area contributed by atoms with Crippen LogP contribution < -0.4 is 0 Å². The monoisotopic (exact) mass is 367 g/mol. The molecule has 1 saturated heterocycles. The molecule has 0 bridgehead atoms. The Balaban J connectivity index is 1.81. The van der Waals surface area contributed by atoms with Crippen LogP contribution >= 0.6 is 0 Å². The van der Waals surface area contributed by atoms with Gasteiger partial charge < -0.3 is 4.90 Å². The Hall–Kier alpha value is -2.34. The van der Waals surface area contributed by atoms with Crippen LogP contribution in [0, 0.1) is 6.92 Å². The lowest BCUT2D eigenvalue weighted by molar-refractivity contribution is 0.0770. The van der Waals surface area contributed by atoms with Crippen LogP contribution in [0.25, 0.3) is 0 Å². The maximum absolute atomic E-state index is 12.6. The average molecular weight is 367 g/mol. The van der Waals surface area contributed by atoms with Gasteiger partial charge in [0.05, 0.1) is 17.3 Å². The third-order valence-corrected chi connectivity index (χ3v) is 5.30. The molecule has 2 aromatic rings. The van der Waals surface area contributed by atoms with Crippen molar-refractivity contribution >= 4 is 5.91 Å². The van der Waals surface area contributed by atoms with Crippen molar-refractivity contribution in [3.63, 3.8) is 0 Å². The van der Waals surface area contributed by atoms with Crippen LogP contribution in [0.1, 0.15) is 66.6 Å². The van der Waals surface area contributed by atoms with Crippen LogP contribution in [0.3, 0.4) is 0 Å². The van der Waals surface area contributed by atoms with Gasteiger partial charge in [0.1, 0.15) is 5.82 Å². The Morgan fingerprint density at radius 1 is 1.26 bits per heavy atom. The first-order valence-electron chi connectivity index (χ1n) is 9.89. The van der Waals surface area contributed by atoms with Gasteiger partial charge in [-0.3, -0.25) is 14.7 Å². The number of piperidine rings is 1. The topological polar surface area (TPSA) is 62.2 Å². The zero-order valence-electron chi connectivity index (χ0n) is 16.6. The third-order valence-electron chi connectivity index (χ3n) is 5.30. The lowest BCUT2D eigenvalue weighted by Gasteiger charge is -2.34. The molecule has 144 valence electrons. The van der Waals surface area contributed by atoms with E-state index in [0.29, 0.717) is 18.7 Å². The van der Waals surface area contributed by atoms with E-state index in [9.17, 15) is 4.79 Å². The van der Waals surface area contributed by atoms with Gasteiger partial charge in [0.2, 0.25) is 0 Å². The molecule has 0 saturated carbocycles. The molecule has 1 fully saturated rings. The van der Waals surface area contributed by atoms with Crippen molar-refractivity contribution in [1.29, 1.82) is 0 Å². The summed E-state index contributed by atoms with van der Waals surface area (Å²) < 4.78 is 0. The van der Waals surface area contributed by atoms with E-state index in [-0.39, 0.29) is 11.9 Å². The molecular weight excluding hydrogens is 338 g/mol. The summed E-state index contributed by atoms with van der Waals surface area (Å²) in [5.74, 6) is 0.840. The van der Waals surface area contributed by atoms with Gasteiger partial charge in [-0.15, -0.1) is 0 Å². The predicted octanol–water partition coefficient (Wildman–Crippen LogP) is 3.39. The molecule has 27 heavy (non-hydrogen) atoms. The first-order valence-corrected chi connectivity index (χ1v) is 9.89. The van der Waals surface area contributed by atoms with Gasteiger partial charge in [-0.1, -0.05) is 12.5 Å². The number of hydrogen-bond donors (Lipinski definition) is 0. The summed E-state index contributed by atoms with van der Waals surface area (Å²) in [7, 11) is 0. The molecule has 3 heterocycles. The minimum atomic E-state index is 0.0138. The molecule has 0 aromatic carbocycles. The Morgan fingerprint density at radius 2 is 2.07 bits per heavy atom. The van der Waals surface area contributed by atoms with Gasteiger partial charge in [0.15, 0.2) is 0 Å². The smallest absolute Gasteiger partial charge is 0.257 e. The normalized spacial score (nSPS) is 17.7. The second-order valence-electron chi connectivity index (χ2n) is 7.05. The maximum atomic E-state index is 12.6. The highest BCUT2D eigenvalue weighted by Crippen LogP contribution is 2.30. The first-order chi connectivity index (χ1) is 13.1. The highest BCUT2D eigenvalue weighted by molar-refractivity contribution is 5.94. The Bertz CT molecular complexity index is 760. The molecule has 1 atom stereocenters. The van der Waals surface area contributed by atoms with Crippen LogP contribution in [0.4, 0.5) is 0 Å². The fraction of sp³-hybridized carbons (Fsp3) is 0.524. The van der Waals surface area contributed by atoms with Gasteiger partial charge in [-0.05, 0) is 51.8 Å². The summed E-state index contributed by atoms with van der Waals surface area (Å²) in [6, 6.07) is 4.27. The number of carbonyl (C=O) groups is 1. The molecule has 1 aliphatic rings. The zero-order valence-corrected chi connectivity index (χ0v) is 16.6. The fourth-order valence-corrected chi connectivity index (χ4v) is 3.74. The Kier molecular flexibility index (Phi) is 6.50. The molecular formula is C21H29N5O. The van der Waals surface area contributed by atoms with E-state index < -0.39 is 0 Å². The van der Waals surface area contributed by atoms with Gasteiger partial charge >= 0.3 is 0 Å². The second kappa shape index (κ2) is 9.04. The van der Waals surface area contributed by atoms with Gasteiger partial charge in [-0.2, -0.15) is 0 Å². The number of amides is 1. The molecule has 6 nitrogen and oxygen atoms in total. The first kappa shape index (κ1) is 19.4. The van der Waals surface area contributed by atoms with Crippen molar-refractivity contribution < 1.29 is 4.79 Å². The van der Waals surface area contributed by atoms with Crippen molar-refractivity contribution in [3.05, 3.63) is 53.4 Å². The largest absolute Gasteiger partial charge is 0.339 e. The number of carbonyl (C=O) groups excluding carboxylic acids is 1. The van der Waals surface area contributed by atoms with Gasteiger partial charge in [0.25, 0.3) is 5.91 Å². The highest BCUT2D eigenvalue weighted by Gasteiger charge is 2.27. The molecule has 1 aliphatic heterocycles. The number of pyridine rings is 1. The van der Waals surface area contributed by atoms with Crippen molar-refractivity contribution in [1.82, 2.24) is 24.8 Å². The van der Waals surface area contributed by atoms with Gasteiger partial charge in [0, 0.05) is 38.2 Å². The molecule has 0 N–H and O–H groups in total. The number of nitrogens with zero attached hydrogens (tertiary/aromatic N) is 5. The summed E-state index contributed by atoms with van der Waals surface area (Å²) in [6.45, 7) is 9.16. The molecule has 0 spiro atoms. The number of aryl methyl sites for hydroxylation is 1. The molecule has 0 radical (unpaired) electrons. The van der Waals surface area contributed by atoms with E-state index in [1.807, 2.05) is 33.0 Å². The molecule has 1 amide bonds.